The normalized spacial score (nSPS) is 17.5. The van der Waals surface area contributed by atoms with Gasteiger partial charge in [-0.3, -0.25) is 4.52 Å². The maximum atomic E-state index is 11.5. The topological polar surface area (TPSA) is 113 Å². The molecule has 0 fully saturated rings. The summed E-state index contributed by atoms with van der Waals surface area (Å²) < 4.78 is 30.5. The highest BCUT2D eigenvalue weighted by atomic mass is 79.9. The zero-order valence-corrected chi connectivity index (χ0v) is 27.1. The second-order valence-corrected chi connectivity index (χ2v) is 14.1. The van der Waals surface area contributed by atoms with Crippen LogP contribution in [0, 0.1) is 0 Å². The van der Waals surface area contributed by atoms with E-state index in [-0.39, 0.29) is 16.3 Å². The molecule has 0 aliphatic rings. The zero-order chi connectivity index (χ0) is 27.9. The molecule has 36 heavy (non-hydrogen) atoms. The van der Waals surface area contributed by atoms with Gasteiger partial charge in [0.15, 0.2) is 0 Å². The number of phosphoric acid groups is 2. The van der Waals surface area contributed by atoms with Gasteiger partial charge in [0, 0.05) is 9.65 Å². The summed E-state index contributed by atoms with van der Waals surface area (Å²) in [6.07, 6.45) is 16.5. The highest BCUT2D eigenvalue weighted by molar-refractivity contribution is 9.09. The minimum absolute atomic E-state index is 0.0273. The van der Waals surface area contributed by atoms with Crippen LogP contribution in [0.25, 0.3) is 0 Å². The van der Waals surface area contributed by atoms with Crippen molar-refractivity contribution in [1.29, 1.82) is 0 Å². The van der Waals surface area contributed by atoms with Gasteiger partial charge in [-0.1, -0.05) is 90.1 Å². The molecule has 0 bridgehead atoms. The molecule has 0 saturated carbocycles. The van der Waals surface area contributed by atoms with Crippen LogP contribution in [-0.4, -0.2) is 30.9 Å². The Bertz CT molecular complexity index is 929. The van der Waals surface area contributed by atoms with E-state index in [1.807, 2.05) is 6.92 Å². The van der Waals surface area contributed by atoms with Crippen molar-refractivity contribution in [3.63, 3.8) is 0 Å². The van der Waals surface area contributed by atoms with Crippen LogP contribution in [0.4, 0.5) is 0 Å². The molecule has 0 aromatic carbocycles. The Hall–Kier alpha value is -0.0800. The van der Waals surface area contributed by atoms with Crippen molar-refractivity contribution in [3.05, 3.63) is 58.2 Å². The number of allylic oxidation sites excluding steroid dienone is 9. The van der Waals surface area contributed by atoms with Crippen molar-refractivity contribution in [1.82, 2.24) is 0 Å². The van der Waals surface area contributed by atoms with Gasteiger partial charge in [0.2, 0.25) is 0 Å². The van der Waals surface area contributed by atoms with E-state index in [4.69, 9.17) is 9.79 Å². The van der Waals surface area contributed by atoms with Crippen molar-refractivity contribution in [2.45, 2.75) is 89.7 Å². The maximum Gasteiger partial charge on any atom is 0.481 e. The Morgan fingerprint density at radius 1 is 0.750 bits per heavy atom. The summed E-state index contributed by atoms with van der Waals surface area (Å²) in [6, 6.07) is 0. The van der Waals surface area contributed by atoms with Gasteiger partial charge in [-0.25, -0.2) is 9.13 Å². The van der Waals surface area contributed by atoms with Crippen LogP contribution in [0.2, 0.25) is 0 Å². The number of rotatable bonds is 17. The molecular weight excluding hydrogens is 634 g/mol. The van der Waals surface area contributed by atoms with Gasteiger partial charge in [-0.2, -0.15) is 4.31 Å². The lowest BCUT2D eigenvalue weighted by atomic mass is 10.0. The lowest BCUT2D eigenvalue weighted by Crippen LogP contribution is -2.03. The summed E-state index contributed by atoms with van der Waals surface area (Å²) >= 11 is 7.35. The Morgan fingerprint density at radius 2 is 1.22 bits per heavy atom. The Labute approximate surface area is 233 Å². The van der Waals surface area contributed by atoms with Crippen molar-refractivity contribution >= 4 is 47.5 Å². The van der Waals surface area contributed by atoms with Gasteiger partial charge in [0.25, 0.3) is 0 Å². The average molecular weight is 676 g/mol. The predicted molar refractivity (Wildman–Crippen MR) is 156 cm³/mol. The Kier molecular flexibility index (Phi) is 18.2. The van der Waals surface area contributed by atoms with Crippen molar-refractivity contribution in [2.75, 3.05) is 6.61 Å². The molecule has 3 N–H and O–H groups in total. The molecule has 7 nitrogen and oxygen atoms in total. The van der Waals surface area contributed by atoms with Gasteiger partial charge < -0.3 is 14.7 Å². The van der Waals surface area contributed by atoms with E-state index >= 15 is 0 Å². The molecule has 0 amide bonds. The number of alkyl halides is 2. The third kappa shape index (κ3) is 20.0. The van der Waals surface area contributed by atoms with Crippen LogP contribution >= 0.6 is 47.5 Å². The Balaban J connectivity index is 4.58. The molecule has 0 aliphatic carbocycles. The molecule has 0 rings (SSSR count). The first-order valence-corrected chi connectivity index (χ1v) is 16.7. The third-order valence-corrected chi connectivity index (χ3v) is 9.63. The lowest BCUT2D eigenvalue weighted by molar-refractivity contribution is 0.191. The molecule has 208 valence electrons. The van der Waals surface area contributed by atoms with E-state index in [9.17, 15) is 14.0 Å². The molecule has 3 atom stereocenters. The van der Waals surface area contributed by atoms with E-state index < -0.39 is 15.6 Å². The average Bonchev–Trinajstić information content (AvgIpc) is 2.73. The molecule has 0 spiro atoms. The summed E-state index contributed by atoms with van der Waals surface area (Å²) in [6.45, 7) is 12.2. The molecule has 0 aliphatic heterocycles. The molecule has 1 unspecified atom stereocenters. The molecule has 0 heterocycles. The molecule has 0 aromatic rings. The SMILES string of the molecule is CC(C)=CCC/C(C)=C/CC/C(C)=C/C[C@@H](Br)/C(C)=C\C[C@@H](Br)/C(C)=C\COP(=O)(O)OP(=O)(O)O. The monoisotopic (exact) mass is 674 g/mol. The van der Waals surface area contributed by atoms with Gasteiger partial charge in [-0.05, 0) is 80.1 Å². The zero-order valence-electron chi connectivity index (χ0n) is 22.1. The summed E-state index contributed by atoms with van der Waals surface area (Å²) in [5.74, 6) is 0. The number of halogens is 2. The van der Waals surface area contributed by atoms with E-state index in [1.165, 1.54) is 22.3 Å². The molecule has 0 saturated heterocycles. The number of phosphoric ester groups is 1. The minimum atomic E-state index is -5.12. The maximum absolute atomic E-state index is 11.5. The first-order valence-electron chi connectivity index (χ1n) is 11.8. The second-order valence-electron chi connectivity index (χ2n) is 9.10. The summed E-state index contributed by atoms with van der Waals surface area (Å²) in [5, 5.41) is 0. The van der Waals surface area contributed by atoms with Crippen LogP contribution in [0.15, 0.2) is 58.2 Å². The van der Waals surface area contributed by atoms with E-state index in [0.717, 1.165) is 37.7 Å². The fourth-order valence-electron chi connectivity index (χ4n) is 2.98. The van der Waals surface area contributed by atoms with E-state index in [0.29, 0.717) is 6.42 Å². The second kappa shape index (κ2) is 18.3. The van der Waals surface area contributed by atoms with Crippen LogP contribution < -0.4 is 0 Å². The summed E-state index contributed by atoms with van der Waals surface area (Å²) in [5.41, 5.74) is 6.24. The first kappa shape index (κ1) is 35.9. The molecule has 0 aromatic heterocycles. The fourth-order valence-corrected chi connectivity index (χ4v) is 5.26. The Morgan fingerprint density at radius 3 is 1.75 bits per heavy atom. The quantitative estimate of drug-likeness (QED) is 0.0802. The van der Waals surface area contributed by atoms with Crippen LogP contribution in [0.5, 0.6) is 0 Å². The third-order valence-electron chi connectivity index (χ3n) is 5.28. The minimum Gasteiger partial charge on any atom is -0.302 e. The van der Waals surface area contributed by atoms with Gasteiger partial charge in [0.05, 0.1) is 6.61 Å². The first-order chi connectivity index (χ1) is 16.5. The van der Waals surface area contributed by atoms with E-state index in [1.54, 1.807) is 6.08 Å². The number of hydrogen-bond acceptors (Lipinski definition) is 4. The van der Waals surface area contributed by atoms with Crippen molar-refractivity contribution < 1.29 is 32.6 Å². The standard InChI is InChI=1S/C25H42Br2O7P2/c1-19(2)9-7-10-20(3)11-8-12-21(4)13-15-24(26)22(5)14-16-25(27)23(6)17-18-33-36(31,32)34-35(28,29)30/h9,11,13-14,17,24-25H,7-8,10,12,15-16,18H2,1-6H3,(H,31,32)(H2,28,29,30)/b20-11+,21-13+,22-14-,23-17-/t24-,25-/m1/s1. The van der Waals surface area contributed by atoms with E-state index in [2.05, 4.69) is 99.6 Å². The van der Waals surface area contributed by atoms with Crippen LogP contribution in [0.3, 0.4) is 0 Å². The van der Waals surface area contributed by atoms with Gasteiger partial charge in [0.1, 0.15) is 0 Å². The summed E-state index contributed by atoms with van der Waals surface area (Å²) in [7, 11) is -9.95. The van der Waals surface area contributed by atoms with Crippen molar-refractivity contribution in [2.24, 2.45) is 0 Å². The van der Waals surface area contributed by atoms with Crippen LogP contribution in [0.1, 0.15) is 80.1 Å². The summed E-state index contributed by atoms with van der Waals surface area (Å²) in [4.78, 5) is 26.7. The lowest BCUT2D eigenvalue weighted by Gasteiger charge is -2.13. The van der Waals surface area contributed by atoms with Crippen molar-refractivity contribution in [3.8, 4) is 0 Å². The highest BCUT2D eigenvalue weighted by Gasteiger charge is 2.31. The molecular formula is C25H42Br2O7P2. The highest BCUT2D eigenvalue weighted by Crippen LogP contribution is 2.57. The number of hydrogen-bond donors (Lipinski definition) is 3. The fraction of sp³-hybridized carbons (Fsp3) is 0.600. The van der Waals surface area contributed by atoms with Gasteiger partial charge >= 0.3 is 15.6 Å². The van der Waals surface area contributed by atoms with Crippen LogP contribution in [-0.2, 0) is 18.0 Å². The smallest absolute Gasteiger partial charge is 0.302 e. The largest absolute Gasteiger partial charge is 0.481 e. The predicted octanol–water partition coefficient (Wildman–Crippen LogP) is 8.83. The molecule has 11 heteroatoms. The molecule has 0 radical (unpaired) electrons. The van der Waals surface area contributed by atoms with Gasteiger partial charge in [-0.15, -0.1) is 0 Å².